The highest BCUT2D eigenvalue weighted by molar-refractivity contribution is 5.91. The second-order valence-electron chi connectivity index (χ2n) is 3.76. The molecule has 0 aliphatic carbocycles. The Morgan fingerprint density at radius 2 is 1.85 bits per heavy atom. The Bertz CT molecular complexity index is 642. The molecule has 0 aliphatic rings. The van der Waals surface area contributed by atoms with Crippen molar-refractivity contribution in [2.45, 2.75) is 0 Å². The molecule has 0 saturated heterocycles. The summed E-state index contributed by atoms with van der Waals surface area (Å²) in [5.74, 6) is -0.132. The van der Waals surface area contributed by atoms with Crippen LogP contribution in [0.1, 0.15) is 0 Å². The lowest BCUT2D eigenvalue weighted by molar-refractivity contribution is -0.384. The third kappa shape index (κ3) is 3.02. The first-order valence-corrected chi connectivity index (χ1v) is 5.58. The van der Waals surface area contributed by atoms with E-state index in [0.29, 0.717) is 0 Å². The number of aromatic hydroxyl groups is 1. The predicted molar refractivity (Wildman–Crippen MR) is 70.8 cm³/mol. The van der Waals surface area contributed by atoms with Gasteiger partial charge in [-0.2, -0.15) is 0 Å². The molecule has 0 saturated carbocycles. The van der Waals surface area contributed by atoms with Crippen LogP contribution in [0.2, 0.25) is 0 Å². The van der Waals surface area contributed by atoms with Gasteiger partial charge < -0.3 is 9.84 Å². The number of carbonyl (C=O) groups excluding carboxylic acids is 1. The summed E-state index contributed by atoms with van der Waals surface area (Å²) < 4.78 is 4.92. The zero-order valence-electron chi connectivity index (χ0n) is 10.1. The molecular formula is C13H10N2O5. The molecular weight excluding hydrogens is 264 g/mol. The van der Waals surface area contributed by atoms with E-state index in [2.05, 4.69) is 5.32 Å². The molecule has 7 nitrogen and oxygen atoms in total. The highest BCUT2D eigenvalue weighted by atomic mass is 16.6. The van der Waals surface area contributed by atoms with Crippen LogP contribution in [0, 0.1) is 10.1 Å². The first kappa shape index (κ1) is 13.3. The number of phenolic OH excluding ortho intramolecular Hbond substituents is 1. The second-order valence-corrected chi connectivity index (χ2v) is 3.76. The Morgan fingerprint density at radius 3 is 2.50 bits per heavy atom. The van der Waals surface area contributed by atoms with Crippen LogP contribution in [-0.2, 0) is 0 Å². The van der Waals surface area contributed by atoms with Gasteiger partial charge in [0.15, 0.2) is 5.69 Å². The van der Waals surface area contributed by atoms with Crippen LogP contribution in [0.15, 0.2) is 48.5 Å². The Labute approximate surface area is 113 Å². The van der Waals surface area contributed by atoms with Crippen LogP contribution in [-0.4, -0.2) is 16.1 Å². The highest BCUT2D eigenvalue weighted by Gasteiger charge is 2.20. The number of nitro groups is 1. The number of anilines is 1. The highest BCUT2D eigenvalue weighted by Crippen LogP contribution is 2.33. The number of carbonyl (C=O) groups is 1. The zero-order chi connectivity index (χ0) is 14.5. The van der Waals surface area contributed by atoms with Crippen LogP contribution < -0.4 is 10.1 Å². The third-order valence-corrected chi connectivity index (χ3v) is 2.40. The number of nitro benzene ring substituents is 1. The molecule has 0 bridgehead atoms. The molecule has 0 atom stereocenters. The maximum atomic E-state index is 11.6. The van der Waals surface area contributed by atoms with Gasteiger partial charge in [-0.3, -0.25) is 15.4 Å². The average molecular weight is 274 g/mol. The SMILES string of the molecule is O=C(Nc1c(O)cccc1[N+](=O)[O-])Oc1ccccc1. The van der Waals surface area contributed by atoms with Crippen molar-refractivity contribution in [2.75, 3.05) is 5.32 Å². The predicted octanol–water partition coefficient (Wildman–Crippen LogP) is 2.91. The Kier molecular flexibility index (Phi) is 3.80. The van der Waals surface area contributed by atoms with Crippen LogP contribution >= 0.6 is 0 Å². The van der Waals surface area contributed by atoms with Crippen molar-refractivity contribution in [1.29, 1.82) is 0 Å². The summed E-state index contributed by atoms with van der Waals surface area (Å²) in [4.78, 5) is 21.7. The third-order valence-electron chi connectivity index (χ3n) is 2.40. The number of para-hydroxylation sites is 2. The van der Waals surface area contributed by atoms with Gasteiger partial charge in [0.05, 0.1) is 4.92 Å². The van der Waals surface area contributed by atoms with Crippen LogP contribution in [0.5, 0.6) is 11.5 Å². The van der Waals surface area contributed by atoms with Crippen molar-refractivity contribution in [3.05, 3.63) is 58.6 Å². The number of phenols is 1. The van der Waals surface area contributed by atoms with Crippen molar-refractivity contribution in [3.8, 4) is 11.5 Å². The Morgan fingerprint density at radius 1 is 1.15 bits per heavy atom. The number of amides is 1. The van der Waals surface area contributed by atoms with E-state index < -0.39 is 22.5 Å². The number of hydrogen-bond donors (Lipinski definition) is 2. The molecule has 20 heavy (non-hydrogen) atoms. The summed E-state index contributed by atoms with van der Waals surface area (Å²) in [7, 11) is 0. The molecule has 2 aromatic rings. The van der Waals surface area contributed by atoms with E-state index in [1.807, 2.05) is 0 Å². The fraction of sp³-hybridized carbons (Fsp3) is 0. The van der Waals surface area contributed by atoms with Gasteiger partial charge in [0.1, 0.15) is 11.5 Å². The van der Waals surface area contributed by atoms with E-state index in [-0.39, 0.29) is 11.4 Å². The van der Waals surface area contributed by atoms with Gasteiger partial charge >= 0.3 is 6.09 Å². The number of rotatable bonds is 3. The number of hydrogen-bond acceptors (Lipinski definition) is 5. The lowest BCUT2D eigenvalue weighted by Crippen LogP contribution is -2.17. The molecule has 0 unspecified atom stereocenters. The van der Waals surface area contributed by atoms with Crippen molar-refractivity contribution in [1.82, 2.24) is 0 Å². The van der Waals surface area contributed by atoms with Crippen LogP contribution in [0.3, 0.4) is 0 Å². The molecule has 0 aromatic heterocycles. The summed E-state index contributed by atoms with van der Waals surface area (Å²) in [6, 6.07) is 11.9. The van der Waals surface area contributed by atoms with E-state index in [0.717, 1.165) is 6.07 Å². The molecule has 2 N–H and O–H groups in total. The van der Waals surface area contributed by atoms with Crippen molar-refractivity contribution >= 4 is 17.5 Å². The topological polar surface area (TPSA) is 102 Å². The standard InChI is InChI=1S/C13H10N2O5/c16-11-8-4-7-10(15(18)19)12(11)14-13(17)20-9-5-2-1-3-6-9/h1-8,16H,(H,14,17). The number of nitrogens with zero attached hydrogens (tertiary/aromatic N) is 1. The van der Waals surface area contributed by atoms with Crippen molar-refractivity contribution in [2.24, 2.45) is 0 Å². The van der Waals surface area contributed by atoms with E-state index in [1.54, 1.807) is 30.3 Å². The lowest BCUT2D eigenvalue weighted by Gasteiger charge is -2.08. The summed E-state index contributed by atoms with van der Waals surface area (Å²) in [5.41, 5.74) is -0.728. The lowest BCUT2D eigenvalue weighted by atomic mass is 10.2. The van der Waals surface area contributed by atoms with Crippen molar-refractivity contribution in [3.63, 3.8) is 0 Å². The first-order chi connectivity index (χ1) is 9.58. The van der Waals surface area contributed by atoms with Gasteiger partial charge in [-0.15, -0.1) is 0 Å². The fourth-order valence-corrected chi connectivity index (χ4v) is 1.53. The minimum absolute atomic E-state index is 0.281. The van der Waals surface area contributed by atoms with E-state index >= 15 is 0 Å². The monoisotopic (exact) mass is 274 g/mol. The smallest absolute Gasteiger partial charge is 0.417 e. The summed E-state index contributed by atoms with van der Waals surface area (Å²) in [6.45, 7) is 0. The van der Waals surface area contributed by atoms with Crippen LogP contribution in [0.4, 0.5) is 16.2 Å². The quantitative estimate of drug-likeness (QED) is 0.509. The van der Waals surface area contributed by atoms with E-state index in [9.17, 15) is 20.0 Å². The van der Waals surface area contributed by atoms with Gasteiger partial charge in [0, 0.05) is 6.07 Å². The average Bonchev–Trinajstić information content (AvgIpc) is 2.42. The van der Waals surface area contributed by atoms with Gasteiger partial charge in [0.2, 0.25) is 0 Å². The molecule has 2 rings (SSSR count). The molecule has 0 aliphatic heterocycles. The number of ether oxygens (including phenoxy) is 1. The van der Waals surface area contributed by atoms with E-state index in [4.69, 9.17) is 4.74 Å². The Balaban J connectivity index is 2.18. The van der Waals surface area contributed by atoms with Gasteiger partial charge in [-0.1, -0.05) is 24.3 Å². The minimum atomic E-state index is -0.930. The second kappa shape index (κ2) is 5.70. The first-order valence-electron chi connectivity index (χ1n) is 5.58. The van der Waals surface area contributed by atoms with Crippen molar-refractivity contribution < 1.29 is 19.6 Å². The summed E-state index contributed by atoms with van der Waals surface area (Å²) in [5, 5.41) is 22.6. The molecule has 1 amide bonds. The zero-order valence-corrected chi connectivity index (χ0v) is 10.1. The van der Waals surface area contributed by atoms with Gasteiger partial charge in [-0.25, -0.2) is 4.79 Å². The molecule has 0 heterocycles. The summed E-state index contributed by atoms with van der Waals surface area (Å²) in [6.07, 6.45) is -0.930. The van der Waals surface area contributed by atoms with Gasteiger partial charge in [-0.05, 0) is 18.2 Å². The number of benzene rings is 2. The fourth-order valence-electron chi connectivity index (χ4n) is 1.53. The largest absolute Gasteiger partial charge is 0.505 e. The number of nitrogens with one attached hydrogen (secondary N) is 1. The Hall–Kier alpha value is -3.09. The normalized spacial score (nSPS) is 9.80. The van der Waals surface area contributed by atoms with Crippen LogP contribution in [0.25, 0.3) is 0 Å². The minimum Gasteiger partial charge on any atom is -0.505 e. The maximum Gasteiger partial charge on any atom is 0.417 e. The molecule has 0 radical (unpaired) electrons. The molecule has 2 aromatic carbocycles. The van der Waals surface area contributed by atoms with E-state index in [1.165, 1.54) is 12.1 Å². The molecule has 102 valence electrons. The van der Waals surface area contributed by atoms with Gasteiger partial charge in [0.25, 0.3) is 5.69 Å². The summed E-state index contributed by atoms with van der Waals surface area (Å²) >= 11 is 0. The maximum absolute atomic E-state index is 11.6. The molecule has 7 heteroatoms. The molecule has 0 spiro atoms. The molecule has 0 fully saturated rings.